The summed E-state index contributed by atoms with van der Waals surface area (Å²) in [6, 6.07) is 16.7. The molecule has 0 bridgehead atoms. The molecule has 4 rings (SSSR count). The smallest absolute Gasteiger partial charge is 0.407 e. The van der Waals surface area contributed by atoms with Crippen molar-refractivity contribution in [2.75, 3.05) is 6.61 Å². The molecule has 2 aromatic carbocycles. The van der Waals surface area contributed by atoms with Crippen LogP contribution in [0.2, 0.25) is 0 Å². The monoisotopic (exact) mass is 393 g/mol. The van der Waals surface area contributed by atoms with Crippen molar-refractivity contribution < 1.29 is 19.4 Å². The topological polar surface area (TPSA) is 75.6 Å². The number of carboxylic acid groups (broad SMARTS) is 1. The normalized spacial score (nSPS) is 20.6. The van der Waals surface area contributed by atoms with Crippen molar-refractivity contribution in [3.63, 3.8) is 0 Å². The van der Waals surface area contributed by atoms with Crippen LogP contribution >= 0.6 is 0 Å². The molecule has 152 valence electrons. The van der Waals surface area contributed by atoms with Gasteiger partial charge in [-0.15, -0.1) is 0 Å². The number of carbonyl (C=O) groups is 2. The van der Waals surface area contributed by atoms with Gasteiger partial charge in [-0.1, -0.05) is 48.5 Å². The molecule has 2 aromatic rings. The third-order valence-electron chi connectivity index (χ3n) is 6.28. The Morgan fingerprint density at radius 3 is 2.10 bits per heavy atom. The lowest BCUT2D eigenvalue weighted by Gasteiger charge is -2.28. The van der Waals surface area contributed by atoms with Gasteiger partial charge in [0, 0.05) is 18.4 Å². The van der Waals surface area contributed by atoms with Crippen molar-refractivity contribution in [1.29, 1.82) is 0 Å². The second-order valence-electron chi connectivity index (χ2n) is 8.12. The molecule has 0 aliphatic heterocycles. The predicted octanol–water partition coefficient (Wildman–Crippen LogP) is 4.95. The first-order valence-corrected chi connectivity index (χ1v) is 10.4. The number of fused-ring (bicyclic) bond motifs is 3. The molecule has 5 nitrogen and oxygen atoms in total. The second kappa shape index (κ2) is 8.68. The van der Waals surface area contributed by atoms with Crippen LogP contribution < -0.4 is 5.32 Å². The number of amides is 1. The Hall–Kier alpha value is -2.82. The minimum Gasteiger partial charge on any atom is -0.481 e. The first-order chi connectivity index (χ1) is 14.1. The summed E-state index contributed by atoms with van der Waals surface area (Å²) in [5.74, 6) is -0.213. The summed E-state index contributed by atoms with van der Waals surface area (Å²) in [7, 11) is 0. The lowest BCUT2D eigenvalue weighted by molar-refractivity contribution is -0.137. The largest absolute Gasteiger partial charge is 0.481 e. The summed E-state index contributed by atoms with van der Waals surface area (Å²) in [5, 5.41) is 11.8. The average Bonchev–Trinajstić information content (AvgIpc) is 3.05. The van der Waals surface area contributed by atoms with Gasteiger partial charge in [0.2, 0.25) is 0 Å². The highest BCUT2D eigenvalue weighted by Crippen LogP contribution is 2.44. The molecule has 1 saturated carbocycles. The van der Waals surface area contributed by atoms with E-state index in [4.69, 9.17) is 9.84 Å². The number of aliphatic carboxylic acids is 1. The Balaban J connectivity index is 1.29. The third-order valence-corrected chi connectivity index (χ3v) is 6.28. The molecule has 0 unspecified atom stereocenters. The number of alkyl carbamates (subject to hydrolysis) is 1. The number of carboxylic acids is 1. The van der Waals surface area contributed by atoms with Gasteiger partial charge >= 0.3 is 12.1 Å². The number of benzene rings is 2. The highest BCUT2D eigenvalue weighted by atomic mass is 16.5. The molecule has 2 N–H and O–H groups in total. The molecule has 0 aromatic heterocycles. The maximum absolute atomic E-state index is 12.4. The summed E-state index contributed by atoms with van der Waals surface area (Å²) >= 11 is 0. The van der Waals surface area contributed by atoms with E-state index in [9.17, 15) is 9.59 Å². The second-order valence-corrected chi connectivity index (χ2v) is 8.12. The van der Waals surface area contributed by atoms with E-state index in [-0.39, 0.29) is 24.5 Å². The quantitative estimate of drug-likeness (QED) is 0.728. The fourth-order valence-corrected chi connectivity index (χ4v) is 4.73. The van der Waals surface area contributed by atoms with Gasteiger partial charge in [-0.2, -0.15) is 0 Å². The number of rotatable bonds is 6. The van der Waals surface area contributed by atoms with Crippen LogP contribution in [0.3, 0.4) is 0 Å². The standard InChI is InChI=1S/C24H27NO4/c26-23(27)14-11-16-9-12-17(13-10-16)25-24(28)29-15-22-20-7-3-1-5-18(20)19-6-2-4-8-21(19)22/h1-8,16-17,22H,9-15H2,(H,25,28)(H,26,27). The van der Waals surface area contributed by atoms with Crippen LogP contribution in [-0.2, 0) is 9.53 Å². The number of hydrogen-bond acceptors (Lipinski definition) is 3. The number of carbonyl (C=O) groups excluding carboxylic acids is 1. The first-order valence-electron chi connectivity index (χ1n) is 10.4. The molecule has 0 spiro atoms. The number of hydrogen-bond donors (Lipinski definition) is 2. The molecule has 1 fully saturated rings. The van der Waals surface area contributed by atoms with Crippen molar-refractivity contribution >= 4 is 12.1 Å². The molecule has 1 amide bonds. The van der Waals surface area contributed by atoms with Gasteiger partial charge in [0.15, 0.2) is 0 Å². The lowest BCUT2D eigenvalue weighted by atomic mass is 9.83. The van der Waals surface area contributed by atoms with Crippen LogP contribution in [0.1, 0.15) is 55.6 Å². The molecule has 29 heavy (non-hydrogen) atoms. The summed E-state index contributed by atoms with van der Waals surface area (Å²) < 4.78 is 5.62. The average molecular weight is 393 g/mol. The van der Waals surface area contributed by atoms with E-state index in [1.54, 1.807) is 0 Å². The van der Waals surface area contributed by atoms with Crippen LogP contribution in [0.4, 0.5) is 4.79 Å². The Morgan fingerprint density at radius 2 is 1.52 bits per heavy atom. The summed E-state index contributed by atoms with van der Waals surface area (Å²) in [5.41, 5.74) is 4.86. The zero-order valence-corrected chi connectivity index (χ0v) is 16.5. The fourth-order valence-electron chi connectivity index (χ4n) is 4.73. The molecule has 2 aliphatic carbocycles. The zero-order valence-electron chi connectivity index (χ0n) is 16.5. The molecule has 2 aliphatic rings. The molecule has 0 radical (unpaired) electrons. The fraction of sp³-hybridized carbons (Fsp3) is 0.417. The molecule has 0 atom stereocenters. The third kappa shape index (κ3) is 4.44. The first kappa shape index (κ1) is 19.5. The highest BCUT2D eigenvalue weighted by molar-refractivity contribution is 5.79. The number of nitrogens with one attached hydrogen (secondary N) is 1. The SMILES string of the molecule is O=C(O)CCC1CCC(NC(=O)OCC2c3ccccc3-c3ccccc32)CC1. The van der Waals surface area contributed by atoms with Crippen molar-refractivity contribution in [3.8, 4) is 11.1 Å². The van der Waals surface area contributed by atoms with Crippen molar-refractivity contribution in [1.82, 2.24) is 5.32 Å². The maximum Gasteiger partial charge on any atom is 0.407 e. The van der Waals surface area contributed by atoms with Gasteiger partial charge in [-0.05, 0) is 60.3 Å². The Kier molecular flexibility index (Phi) is 5.84. The predicted molar refractivity (Wildman–Crippen MR) is 111 cm³/mol. The van der Waals surface area contributed by atoms with Crippen LogP contribution in [0.25, 0.3) is 11.1 Å². The van der Waals surface area contributed by atoms with Gasteiger partial charge in [0.05, 0.1) is 0 Å². The van der Waals surface area contributed by atoms with Crippen LogP contribution in [0.15, 0.2) is 48.5 Å². The van der Waals surface area contributed by atoms with Gasteiger partial charge in [0.1, 0.15) is 6.61 Å². The summed E-state index contributed by atoms with van der Waals surface area (Å²) in [6.45, 7) is 0.327. The van der Waals surface area contributed by atoms with Gasteiger partial charge < -0.3 is 15.2 Å². The van der Waals surface area contributed by atoms with E-state index >= 15 is 0 Å². The van der Waals surface area contributed by atoms with Crippen molar-refractivity contribution in [2.45, 2.75) is 50.5 Å². The lowest BCUT2D eigenvalue weighted by Crippen LogP contribution is -2.38. The van der Waals surface area contributed by atoms with E-state index in [0.717, 1.165) is 32.1 Å². The minimum atomic E-state index is -0.733. The van der Waals surface area contributed by atoms with Crippen molar-refractivity contribution in [3.05, 3.63) is 59.7 Å². The zero-order chi connectivity index (χ0) is 20.2. The Morgan fingerprint density at radius 1 is 0.931 bits per heavy atom. The van der Waals surface area contributed by atoms with Gasteiger partial charge in [-0.3, -0.25) is 4.79 Å². The van der Waals surface area contributed by atoms with E-state index < -0.39 is 5.97 Å². The van der Waals surface area contributed by atoms with E-state index in [1.165, 1.54) is 22.3 Å². The molecule has 0 heterocycles. The van der Waals surface area contributed by atoms with E-state index in [2.05, 4.69) is 29.6 Å². The van der Waals surface area contributed by atoms with Crippen LogP contribution in [-0.4, -0.2) is 29.8 Å². The summed E-state index contributed by atoms with van der Waals surface area (Å²) in [4.78, 5) is 23.1. The van der Waals surface area contributed by atoms with E-state index in [0.29, 0.717) is 12.5 Å². The Labute approximate surface area is 171 Å². The molecular formula is C24H27NO4. The van der Waals surface area contributed by atoms with Gasteiger partial charge in [0.25, 0.3) is 0 Å². The summed E-state index contributed by atoms with van der Waals surface area (Å²) in [6.07, 6.45) is 4.29. The molecule has 0 saturated heterocycles. The van der Waals surface area contributed by atoms with Crippen molar-refractivity contribution in [2.24, 2.45) is 5.92 Å². The minimum absolute atomic E-state index is 0.0694. The molecule has 5 heteroatoms. The van der Waals surface area contributed by atoms with Crippen LogP contribution in [0.5, 0.6) is 0 Å². The Bertz CT molecular complexity index is 840. The van der Waals surface area contributed by atoms with Gasteiger partial charge in [-0.25, -0.2) is 4.79 Å². The highest BCUT2D eigenvalue weighted by Gasteiger charge is 2.29. The van der Waals surface area contributed by atoms with Crippen LogP contribution in [0, 0.1) is 5.92 Å². The molecular weight excluding hydrogens is 366 g/mol. The maximum atomic E-state index is 12.4. The van der Waals surface area contributed by atoms with E-state index in [1.807, 2.05) is 24.3 Å². The number of ether oxygens (including phenoxy) is 1.